The van der Waals surface area contributed by atoms with Gasteiger partial charge in [-0.2, -0.15) is 0 Å². The zero-order chi connectivity index (χ0) is 7.78. The average molecular weight is 181 g/mol. The van der Waals surface area contributed by atoms with Gasteiger partial charge in [-0.15, -0.1) is 0 Å². The van der Waals surface area contributed by atoms with E-state index in [2.05, 4.69) is 0 Å². The van der Waals surface area contributed by atoms with Gasteiger partial charge in [0.05, 0.1) is 0 Å². The summed E-state index contributed by atoms with van der Waals surface area (Å²) in [5.74, 6) is -0.880. The molecule has 1 saturated carbocycles. The number of carbonyl (C=O) groups is 1. The number of halogens is 2. The summed E-state index contributed by atoms with van der Waals surface area (Å²) in [4.78, 5) is 10.5. The molecule has 0 heterocycles. The molecule has 10 heavy (non-hydrogen) atoms. The summed E-state index contributed by atoms with van der Waals surface area (Å²) in [6, 6.07) is 0. The van der Waals surface area contributed by atoms with Gasteiger partial charge >= 0.3 is 5.97 Å². The van der Waals surface area contributed by atoms with Crippen molar-refractivity contribution < 1.29 is 9.90 Å². The molecule has 0 radical (unpaired) electrons. The molecule has 0 saturated heterocycles. The van der Waals surface area contributed by atoms with Gasteiger partial charge in [-0.1, -0.05) is 23.2 Å². The van der Waals surface area contributed by atoms with Crippen molar-refractivity contribution in [2.45, 2.75) is 12.8 Å². The van der Waals surface area contributed by atoms with E-state index in [1.165, 1.54) is 0 Å². The molecule has 1 aliphatic carbocycles. The van der Waals surface area contributed by atoms with Crippen LogP contribution in [0.4, 0.5) is 0 Å². The smallest absolute Gasteiger partial charge is 0.315 e. The van der Waals surface area contributed by atoms with Crippen molar-refractivity contribution in [3.05, 3.63) is 10.6 Å². The van der Waals surface area contributed by atoms with E-state index >= 15 is 0 Å². The summed E-state index contributed by atoms with van der Waals surface area (Å²) >= 11 is 10.8. The molecular weight excluding hydrogens is 175 g/mol. The molecule has 2 nitrogen and oxygen atoms in total. The van der Waals surface area contributed by atoms with Crippen LogP contribution in [0.3, 0.4) is 0 Å². The highest BCUT2D eigenvalue weighted by Gasteiger charge is 2.53. The fourth-order valence-corrected chi connectivity index (χ4v) is 1.26. The standard InChI is InChI=1S/C6H6Cl2O2/c7-3-4(8)6(1-2-6)5(9)10/h3H,1-2H2,(H,9,10)/b4-3-. The first-order valence-electron chi connectivity index (χ1n) is 2.83. The Labute approximate surface area is 68.4 Å². The van der Waals surface area contributed by atoms with E-state index in [9.17, 15) is 4.79 Å². The van der Waals surface area contributed by atoms with Crippen LogP contribution in [0.2, 0.25) is 0 Å². The predicted molar refractivity (Wildman–Crippen MR) is 39.1 cm³/mol. The monoisotopic (exact) mass is 180 g/mol. The maximum Gasteiger partial charge on any atom is 0.315 e. The Morgan fingerprint density at radius 1 is 1.60 bits per heavy atom. The minimum atomic E-state index is -0.880. The van der Waals surface area contributed by atoms with Crippen molar-refractivity contribution in [3.8, 4) is 0 Å². The highest BCUT2D eigenvalue weighted by molar-refractivity contribution is 6.38. The largest absolute Gasteiger partial charge is 0.481 e. The number of carboxylic acids is 1. The average Bonchev–Trinajstić information content (AvgIpc) is 2.65. The van der Waals surface area contributed by atoms with Gasteiger partial charge in [0.1, 0.15) is 5.41 Å². The van der Waals surface area contributed by atoms with Crippen molar-refractivity contribution >= 4 is 29.2 Å². The second kappa shape index (κ2) is 2.44. The van der Waals surface area contributed by atoms with Crippen LogP contribution in [-0.2, 0) is 4.79 Å². The Balaban J connectivity index is 2.79. The normalized spacial score (nSPS) is 22.4. The van der Waals surface area contributed by atoms with Crippen molar-refractivity contribution in [1.82, 2.24) is 0 Å². The molecule has 0 aromatic heterocycles. The zero-order valence-corrected chi connectivity index (χ0v) is 6.61. The van der Waals surface area contributed by atoms with Crippen molar-refractivity contribution in [1.29, 1.82) is 0 Å². The van der Waals surface area contributed by atoms with Crippen molar-refractivity contribution in [2.75, 3.05) is 0 Å². The summed E-state index contributed by atoms with van der Waals surface area (Å²) < 4.78 is 0. The molecule has 1 N–H and O–H groups in total. The Kier molecular flexibility index (Phi) is 1.92. The molecule has 0 bridgehead atoms. The Morgan fingerprint density at radius 3 is 2.20 bits per heavy atom. The molecule has 0 amide bonds. The molecule has 0 aromatic rings. The van der Waals surface area contributed by atoms with E-state index in [0.717, 1.165) is 5.54 Å². The number of hydrogen-bond acceptors (Lipinski definition) is 1. The van der Waals surface area contributed by atoms with Gasteiger partial charge in [-0.05, 0) is 12.8 Å². The first-order valence-corrected chi connectivity index (χ1v) is 3.65. The van der Waals surface area contributed by atoms with Gasteiger partial charge in [0, 0.05) is 10.6 Å². The summed E-state index contributed by atoms with van der Waals surface area (Å²) in [7, 11) is 0. The quantitative estimate of drug-likeness (QED) is 0.708. The van der Waals surface area contributed by atoms with E-state index in [1.54, 1.807) is 0 Å². The second-order valence-corrected chi connectivity index (χ2v) is 2.97. The molecule has 1 fully saturated rings. The summed E-state index contributed by atoms with van der Waals surface area (Å²) in [6.45, 7) is 0. The van der Waals surface area contributed by atoms with Crippen molar-refractivity contribution in [2.24, 2.45) is 5.41 Å². The zero-order valence-electron chi connectivity index (χ0n) is 5.10. The lowest BCUT2D eigenvalue weighted by atomic mass is 10.1. The number of carboxylic acid groups (broad SMARTS) is 1. The van der Waals surface area contributed by atoms with Crippen LogP contribution in [0.5, 0.6) is 0 Å². The number of aliphatic carboxylic acids is 1. The van der Waals surface area contributed by atoms with Crippen LogP contribution in [0.25, 0.3) is 0 Å². The third-order valence-electron chi connectivity index (χ3n) is 1.71. The molecule has 56 valence electrons. The molecule has 0 aliphatic heterocycles. The molecule has 0 spiro atoms. The molecule has 4 heteroatoms. The minimum absolute atomic E-state index is 0.238. The van der Waals surface area contributed by atoms with Crippen LogP contribution in [0.15, 0.2) is 10.6 Å². The van der Waals surface area contributed by atoms with E-state index in [4.69, 9.17) is 28.3 Å². The molecule has 0 aromatic carbocycles. The van der Waals surface area contributed by atoms with Crippen LogP contribution in [-0.4, -0.2) is 11.1 Å². The molecule has 1 rings (SSSR count). The Bertz CT molecular complexity index is 194. The fourth-order valence-electron chi connectivity index (χ4n) is 0.784. The van der Waals surface area contributed by atoms with Gasteiger partial charge in [0.25, 0.3) is 0 Å². The topological polar surface area (TPSA) is 37.3 Å². The van der Waals surface area contributed by atoms with E-state index in [1.807, 2.05) is 0 Å². The maximum atomic E-state index is 10.5. The van der Waals surface area contributed by atoms with Crippen LogP contribution >= 0.6 is 23.2 Å². The lowest BCUT2D eigenvalue weighted by Crippen LogP contribution is -2.14. The lowest BCUT2D eigenvalue weighted by Gasteiger charge is -2.04. The molecular formula is C6H6Cl2O2. The number of rotatable bonds is 2. The fraction of sp³-hybridized carbons (Fsp3) is 0.500. The number of hydrogen-bond donors (Lipinski definition) is 1. The Hall–Kier alpha value is -0.210. The minimum Gasteiger partial charge on any atom is -0.481 e. The first kappa shape index (κ1) is 7.89. The van der Waals surface area contributed by atoms with Gasteiger partial charge in [-0.25, -0.2) is 0 Å². The third kappa shape index (κ3) is 1.02. The maximum absolute atomic E-state index is 10.5. The van der Waals surface area contributed by atoms with Crippen LogP contribution < -0.4 is 0 Å². The van der Waals surface area contributed by atoms with E-state index in [-0.39, 0.29) is 5.03 Å². The van der Waals surface area contributed by atoms with Crippen molar-refractivity contribution in [3.63, 3.8) is 0 Å². The second-order valence-electron chi connectivity index (χ2n) is 2.34. The van der Waals surface area contributed by atoms with Gasteiger partial charge in [0.15, 0.2) is 0 Å². The molecule has 1 aliphatic rings. The first-order chi connectivity index (χ1) is 4.63. The summed E-state index contributed by atoms with van der Waals surface area (Å²) in [5, 5.41) is 8.86. The van der Waals surface area contributed by atoms with Crippen LogP contribution in [0.1, 0.15) is 12.8 Å². The van der Waals surface area contributed by atoms with E-state index < -0.39 is 11.4 Å². The SMILES string of the molecule is O=C(O)C1(/C(Cl)=C/Cl)CC1. The summed E-state index contributed by atoms with van der Waals surface area (Å²) in [5.41, 5.74) is 0.298. The van der Waals surface area contributed by atoms with Gasteiger partial charge in [-0.3, -0.25) is 4.79 Å². The highest BCUT2D eigenvalue weighted by Crippen LogP contribution is 2.53. The molecule has 0 atom stereocenters. The van der Waals surface area contributed by atoms with E-state index in [0.29, 0.717) is 12.8 Å². The lowest BCUT2D eigenvalue weighted by molar-refractivity contribution is -0.141. The Morgan fingerprint density at radius 2 is 2.10 bits per heavy atom. The predicted octanol–water partition coefficient (Wildman–Crippen LogP) is 2.17. The summed E-state index contributed by atoms with van der Waals surface area (Å²) in [6.07, 6.45) is 1.20. The van der Waals surface area contributed by atoms with Crippen LogP contribution in [0, 0.1) is 5.41 Å². The molecule has 0 unspecified atom stereocenters. The van der Waals surface area contributed by atoms with Gasteiger partial charge in [0.2, 0.25) is 0 Å². The van der Waals surface area contributed by atoms with Gasteiger partial charge < -0.3 is 5.11 Å². The highest BCUT2D eigenvalue weighted by atomic mass is 35.5. The third-order valence-corrected chi connectivity index (χ3v) is 2.51.